The van der Waals surface area contributed by atoms with Gasteiger partial charge >= 0.3 is 0 Å². The molecule has 2 N–H and O–H groups in total. The van der Waals surface area contributed by atoms with Crippen molar-refractivity contribution in [2.45, 2.75) is 32.6 Å². The number of carbonyl (C=O) groups is 1. The first-order valence-electron chi connectivity index (χ1n) is 11.0. The van der Waals surface area contributed by atoms with Gasteiger partial charge in [-0.3, -0.25) is 4.79 Å². The molecule has 3 aromatic rings. The van der Waals surface area contributed by atoms with Crippen molar-refractivity contribution in [3.05, 3.63) is 65.9 Å². The Morgan fingerprint density at radius 3 is 2.47 bits per heavy atom. The van der Waals surface area contributed by atoms with Crippen LogP contribution in [0.2, 0.25) is 0 Å². The molecule has 2 heterocycles. The van der Waals surface area contributed by atoms with Crippen LogP contribution in [0.1, 0.15) is 30.5 Å². The lowest BCUT2D eigenvalue weighted by molar-refractivity contribution is -0.115. The van der Waals surface area contributed by atoms with Crippen molar-refractivity contribution >= 4 is 29.0 Å². The Bertz CT molecular complexity index is 1060. The summed E-state index contributed by atoms with van der Waals surface area (Å²) in [5.41, 5.74) is 3.38. The van der Waals surface area contributed by atoms with E-state index in [2.05, 4.69) is 20.5 Å². The Hall–Kier alpha value is -3.61. The number of aryl methyl sites for hydroxylation is 1. The van der Waals surface area contributed by atoms with Gasteiger partial charge in [-0.1, -0.05) is 18.2 Å². The highest BCUT2D eigenvalue weighted by Gasteiger charge is 2.14. The molecule has 1 fully saturated rings. The molecule has 0 spiro atoms. The van der Waals surface area contributed by atoms with Crippen molar-refractivity contribution in [3.63, 3.8) is 0 Å². The first-order chi connectivity index (χ1) is 15.6. The number of benzene rings is 2. The van der Waals surface area contributed by atoms with E-state index in [9.17, 15) is 4.79 Å². The Balaban J connectivity index is 1.38. The molecular formula is C25H29N5O2. The van der Waals surface area contributed by atoms with E-state index in [1.165, 1.54) is 19.3 Å². The fraction of sp³-hybridized carbons (Fsp3) is 0.320. The van der Waals surface area contributed by atoms with E-state index >= 15 is 0 Å². The second kappa shape index (κ2) is 10.1. The van der Waals surface area contributed by atoms with E-state index in [0.717, 1.165) is 41.5 Å². The van der Waals surface area contributed by atoms with Crippen LogP contribution < -0.4 is 20.3 Å². The number of piperidine rings is 1. The van der Waals surface area contributed by atoms with Crippen LogP contribution in [0.3, 0.4) is 0 Å². The summed E-state index contributed by atoms with van der Waals surface area (Å²) in [6.07, 6.45) is 3.94. The van der Waals surface area contributed by atoms with Crippen molar-refractivity contribution < 1.29 is 9.53 Å². The van der Waals surface area contributed by atoms with Crippen molar-refractivity contribution in [1.82, 2.24) is 9.97 Å². The Morgan fingerprint density at radius 2 is 1.72 bits per heavy atom. The smallest absolute Gasteiger partial charge is 0.229 e. The summed E-state index contributed by atoms with van der Waals surface area (Å²) in [5.74, 6) is 2.17. The van der Waals surface area contributed by atoms with E-state index in [4.69, 9.17) is 9.72 Å². The molecule has 0 aliphatic carbocycles. The monoisotopic (exact) mass is 431 g/mol. The fourth-order valence-corrected chi connectivity index (χ4v) is 3.89. The van der Waals surface area contributed by atoms with Crippen LogP contribution in [0, 0.1) is 6.92 Å². The fourth-order valence-electron chi connectivity index (χ4n) is 3.89. The number of methoxy groups -OCH3 is 1. The maximum absolute atomic E-state index is 12.4. The molecule has 1 aliphatic heterocycles. The number of ether oxygens (including phenoxy) is 1. The third kappa shape index (κ3) is 5.55. The zero-order chi connectivity index (χ0) is 22.3. The second-order valence-electron chi connectivity index (χ2n) is 7.98. The standard InChI is InChI=1S/C25H29N5O2/c1-18-16-23(30-14-6-3-7-15-30)29-25(26-18)28-21-12-10-20(11-13-21)27-24(31)17-19-8-4-5-9-22(19)32-2/h4-5,8-13,16H,3,6-7,14-15,17H2,1-2H3,(H,27,31)(H,26,28,29). The summed E-state index contributed by atoms with van der Waals surface area (Å²) in [4.78, 5) is 24.0. The summed E-state index contributed by atoms with van der Waals surface area (Å²) in [6.45, 7) is 4.07. The normalized spacial score (nSPS) is 13.5. The molecule has 0 bridgehead atoms. The number of aromatic nitrogens is 2. The molecule has 0 radical (unpaired) electrons. The number of hydrogen-bond acceptors (Lipinski definition) is 6. The average molecular weight is 432 g/mol. The first kappa shape index (κ1) is 21.6. The van der Waals surface area contributed by atoms with Crippen molar-refractivity contribution in [1.29, 1.82) is 0 Å². The zero-order valence-corrected chi connectivity index (χ0v) is 18.6. The van der Waals surface area contributed by atoms with Gasteiger partial charge in [0.05, 0.1) is 13.5 Å². The highest BCUT2D eigenvalue weighted by atomic mass is 16.5. The van der Waals surface area contributed by atoms with Crippen molar-refractivity contribution in [2.75, 3.05) is 35.7 Å². The minimum atomic E-state index is -0.0941. The SMILES string of the molecule is COc1ccccc1CC(=O)Nc1ccc(Nc2nc(C)cc(N3CCCCC3)n2)cc1. The minimum absolute atomic E-state index is 0.0941. The van der Waals surface area contributed by atoms with Gasteiger partial charge in [0.25, 0.3) is 0 Å². The maximum Gasteiger partial charge on any atom is 0.229 e. The topological polar surface area (TPSA) is 79.4 Å². The van der Waals surface area contributed by atoms with Crippen LogP contribution in [0.4, 0.5) is 23.1 Å². The molecule has 1 amide bonds. The molecule has 1 aromatic heterocycles. The largest absolute Gasteiger partial charge is 0.496 e. The van der Waals surface area contributed by atoms with Gasteiger partial charge < -0.3 is 20.3 Å². The number of carbonyl (C=O) groups excluding carboxylic acids is 1. The molecule has 1 saturated heterocycles. The summed E-state index contributed by atoms with van der Waals surface area (Å²) in [6, 6.07) is 17.1. The highest BCUT2D eigenvalue weighted by Crippen LogP contribution is 2.23. The summed E-state index contributed by atoms with van der Waals surface area (Å²) < 4.78 is 5.32. The predicted molar refractivity (Wildman–Crippen MR) is 128 cm³/mol. The summed E-state index contributed by atoms with van der Waals surface area (Å²) in [7, 11) is 1.61. The minimum Gasteiger partial charge on any atom is -0.496 e. The molecule has 1 aliphatic rings. The van der Waals surface area contributed by atoms with Gasteiger partial charge in [-0.05, 0) is 56.5 Å². The first-order valence-corrected chi connectivity index (χ1v) is 11.0. The lowest BCUT2D eigenvalue weighted by atomic mass is 10.1. The van der Waals surface area contributed by atoms with Gasteiger partial charge in [0, 0.05) is 41.8 Å². The number of anilines is 4. The van der Waals surface area contributed by atoms with Crippen LogP contribution in [0.25, 0.3) is 0 Å². The van der Waals surface area contributed by atoms with E-state index in [1.807, 2.05) is 61.5 Å². The van der Waals surface area contributed by atoms with Crippen LogP contribution >= 0.6 is 0 Å². The van der Waals surface area contributed by atoms with Gasteiger partial charge in [0.2, 0.25) is 11.9 Å². The number of amides is 1. The molecule has 4 rings (SSSR count). The predicted octanol–water partition coefficient (Wildman–Crippen LogP) is 4.71. The quantitative estimate of drug-likeness (QED) is 0.564. The molecular weight excluding hydrogens is 402 g/mol. The van der Waals surface area contributed by atoms with Gasteiger partial charge in [0.15, 0.2) is 0 Å². The van der Waals surface area contributed by atoms with Gasteiger partial charge in [-0.2, -0.15) is 4.98 Å². The van der Waals surface area contributed by atoms with Crippen LogP contribution in [0.15, 0.2) is 54.6 Å². The number of para-hydroxylation sites is 1. The van der Waals surface area contributed by atoms with E-state index in [0.29, 0.717) is 11.7 Å². The molecule has 32 heavy (non-hydrogen) atoms. The van der Waals surface area contributed by atoms with E-state index in [1.54, 1.807) is 7.11 Å². The Morgan fingerprint density at radius 1 is 1.00 bits per heavy atom. The molecule has 0 atom stereocenters. The average Bonchev–Trinajstić information content (AvgIpc) is 2.81. The van der Waals surface area contributed by atoms with Gasteiger partial charge in [0.1, 0.15) is 11.6 Å². The molecule has 7 heteroatoms. The number of nitrogens with one attached hydrogen (secondary N) is 2. The third-order valence-electron chi connectivity index (χ3n) is 5.49. The lowest BCUT2D eigenvalue weighted by Gasteiger charge is -2.28. The van der Waals surface area contributed by atoms with E-state index in [-0.39, 0.29) is 12.3 Å². The summed E-state index contributed by atoms with van der Waals surface area (Å²) >= 11 is 0. The van der Waals surface area contributed by atoms with Crippen LogP contribution in [-0.4, -0.2) is 36.1 Å². The molecule has 166 valence electrons. The van der Waals surface area contributed by atoms with Crippen LogP contribution in [0.5, 0.6) is 5.75 Å². The molecule has 0 saturated carbocycles. The third-order valence-corrected chi connectivity index (χ3v) is 5.49. The lowest BCUT2D eigenvalue weighted by Crippen LogP contribution is -2.30. The number of nitrogens with zero attached hydrogens (tertiary/aromatic N) is 3. The van der Waals surface area contributed by atoms with Crippen molar-refractivity contribution in [3.8, 4) is 5.75 Å². The molecule has 0 unspecified atom stereocenters. The Labute approximate surface area is 188 Å². The van der Waals surface area contributed by atoms with E-state index < -0.39 is 0 Å². The highest BCUT2D eigenvalue weighted by molar-refractivity contribution is 5.92. The van der Waals surface area contributed by atoms with Crippen LogP contribution in [-0.2, 0) is 11.2 Å². The number of hydrogen-bond donors (Lipinski definition) is 2. The Kier molecular flexibility index (Phi) is 6.84. The second-order valence-corrected chi connectivity index (χ2v) is 7.98. The molecule has 7 nitrogen and oxygen atoms in total. The van der Waals surface area contributed by atoms with Gasteiger partial charge in [-0.25, -0.2) is 4.98 Å². The van der Waals surface area contributed by atoms with Crippen molar-refractivity contribution in [2.24, 2.45) is 0 Å². The summed E-state index contributed by atoms with van der Waals surface area (Å²) in [5, 5.41) is 6.22. The van der Waals surface area contributed by atoms with Gasteiger partial charge in [-0.15, -0.1) is 0 Å². The maximum atomic E-state index is 12.4. The number of rotatable bonds is 7. The zero-order valence-electron chi connectivity index (χ0n) is 18.6. The molecule has 2 aromatic carbocycles.